The van der Waals surface area contributed by atoms with E-state index in [1.807, 2.05) is 54.6 Å². The summed E-state index contributed by atoms with van der Waals surface area (Å²) in [5.74, 6) is 0.283. The molecule has 0 unspecified atom stereocenters. The van der Waals surface area contributed by atoms with E-state index in [0.717, 1.165) is 23.3 Å². The van der Waals surface area contributed by atoms with Gasteiger partial charge in [-0.1, -0.05) is 54.6 Å². The lowest BCUT2D eigenvalue weighted by Crippen LogP contribution is -2.37. The molecule has 2 amide bonds. The van der Waals surface area contributed by atoms with Crippen molar-refractivity contribution in [1.29, 1.82) is 0 Å². The Balaban J connectivity index is 1.37. The van der Waals surface area contributed by atoms with Crippen LogP contribution >= 0.6 is 0 Å². The fraction of sp³-hybridized carbons (Fsp3) is 0.207. The Morgan fingerprint density at radius 3 is 2.44 bits per heavy atom. The van der Waals surface area contributed by atoms with Gasteiger partial charge in [-0.25, -0.2) is 0 Å². The lowest BCUT2D eigenvalue weighted by atomic mass is 9.98. The van der Waals surface area contributed by atoms with Crippen LogP contribution in [0.15, 0.2) is 83.7 Å². The molecule has 1 aliphatic rings. The van der Waals surface area contributed by atoms with Crippen LogP contribution in [-0.2, 0) is 30.8 Å². The number of methoxy groups -OCH3 is 1. The van der Waals surface area contributed by atoms with Crippen molar-refractivity contribution in [3.05, 3.63) is 111 Å². The maximum Gasteiger partial charge on any atom is 0.255 e. The molecular weight excluding hydrogens is 454 g/mol. The summed E-state index contributed by atoms with van der Waals surface area (Å²) in [5.41, 5.74) is 3.85. The number of hydrogen-bond acceptors (Lipinski definition) is 4. The molecule has 5 rings (SSSR count). The number of nitrogens with zero attached hydrogens (tertiary/aromatic N) is 2. The van der Waals surface area contributed by atoms with E-state index in [-0.39, 0.29) is 23.9 Å². The van der Waals surface area contributed by atoms with Gasteiger partial charge in [-0.2, -0.15) is 0 Å². The predicted molar refractivity (Wildman–Crippen MR) is 138 cm³/mol. The Hall–Kier alpha value is -4.39. The average Bonchev–Trinajstić information content (AvgIpc) is 2.93. The van der Waals surface area contributed by atoms with Gasteiger partial charge in [0.15, 0.2) is 0 Å². The molecule has 2 heterocycles. The van der Waals surface area contributed by atoms with Crippen molar-refractivity contribution in [2.24, 2.45) is 0 Å². The van der Waals surface area contributed by atoms with Gasteiger partial charge in [0.1, 0.15) is 12.3 Å². The standard InChI is InChI=1S/C29H27N3O4/c1-36-23-12-10-20(11-13-23)17-30-27(33)19-32-26-9-5-4-8-24(26)25(16-28(32)34)29(35)31-15-14-21-6-2-3-7-22(21)18-31/h2-13,16H,14-15,17-19H2,1H3,(H,30,33). The molecule has 7 heteroatoms. The summed E-state index contributed by atoms with van der Waals surface area (Å²) in [7, 11) is 1.60. The van der Waals surface area contributed by atoms with Crippen LogP contribution in [0, 0.1) is 0 Å². The van der Waals surface area contributed by atoms with E-state index in [1.54, 1.807) is 24.1 Å². The Labute approximate surface area is 208 Å². The highest BCUT2D eigenvalue weighted by atomic mass is 16.5. The molecule has 4 aromatic rings. The van der Waals surface area contributed by atoms with Gasteiger partial charge in [0.2, 0.25) is 5.91 Å². The van der Waals surface area contributed by atoms with Gasteiger partial charge >= 0.3 is 0 Å². The molecule has 0 saturated carbocycles. The molecule has 0 fully saturated rings. The first-order valence-corrected chi connectivity index (χ1v) is 11.9. The number of pyridine rings is 1. The monoisotopic (exact) mass is 481 g/mol. The lowest BCUT2D eigenvalue weighted by Gasteiger charge is -2.29. The lowest BCUT2D eigenvalue weighted by molar-refractivity contribution is -0.121. The van der Waals surface area contributed by atoms with Crippen molar-refractivity contribution in [3.63, 3.8) is 0 Å². The Morgan fingerprint density at radius 2 is 1.67 bits per heavy atom. The minimum atomic E-state index is -0.381. The van der Waals surface area contributed by atoms with Crippen LogP contribution in [0.3, 0.4) is 0 Å². The maximum absolute atomic E-state index is 13.5. The van der Waals surface area contributed by atoms with Gasteiger partial charge in [0.05, 0.1) is 18.2 Å². The molecule has 0 saturated heterocycles. The Morgan fingerprint density at radius 1 is 0.944 bits per heavy atom. The van der Waals surface area contributed by atoms with Crippen LogP contribution in [0.5, 0.6) is 5.75 Å². The molecule has 0 radical (unpaired) electrons. The van der Waals surface area contributed by atoms with E-state index in [2.05, 4.69) is 11.4 Å². The molecule has 3 aromatic carbocycles. The number of carbonyl (C=O) groups is 2. The van der Waals surface area contributed by atoms with E-state index in [1.165, 1.54) is 16.2 Å². The molecule has 36 heavy (non-hydrogen) atoms. The summed E-state index contributed by atoms with van der Waals surface area (Å²) in [5, 5.41) is 3.52. The summed E-state index contributed by atoms with van der Waals surface area (Å²) >= 11 is 0. The second kappa shape index (κ2) is 10.1. The van der Waals surface area contributed by atoms with E-state index < -0.39 is 0 Å². The third-order valence-corrected chi connectivity index (χ3v) is 6.62. The first-order chi connectivity index (χ1) is 17.5. The number of para-hydroxylation sites is 1. The second-order valence-electron chi connectivity index (χ2n) is 8.87. The van der Waals surface area contributed by atoms with Gasteiger partial charge in [0.25, 0.3) is 11.5 Å². The minimum Gasteiger partial charge on any atom is -0.497 e. The van der Waals surface area contributed by atoms with Crippen LogP contribution in [-0.4, -0.2) is 34.9 Å². The van der Waals surface area contributed by atoms with Gasteiger partial charge < -0.3 is 15.0 Å². The summed E-state index contributed by atoms with van der Waals surface area (Å²) in [6.07, 6.45) is 0.783. The largest absolute Gasteiger partial charge is 0.497 e. The smallest absolute Gasteiger partial charge is 0.255 e. The number of benzene rings is 3. The fourth-order valence-electron chi connectivity index (χ4n) is 4.66. The number of nitrogens with one attached hydrogen (secondary N) is 1. The number of ether oxygens (including phenoxy) is 1. The van der Waals surface area contributed by atoms with E-state index in [9.17, 15) is 14.4 Å². The van der Waals surface area contributed by atoms with Crippen molar-refractivity contribution < 1.29 is 14.3 Å². The fourth-order valence-corrected chi connectivity index (χ4v) is 4.66. The zero-order valence-electron chi connectivity index (χ0n) is 20.1. The molecular formula is C29H27N3O4. The van der Waals surface area contributed by atoms with Gasteiger partial charge in [-0.3, -0.25) is 19.0 Å². The SMILES string of the molecule is COc1ccc(CNC(=O)Cn2c(=O)cc(C(=O)N3CCc4ccccc4C3)c3ccccc32)cc1. The summed E-state index contributed by atoms with van der Waals surface area (Å²) in [6, 6.07) is 24.1. The number of carbonyl (C=O) groups excluding carboxylic acids is 2. The van der Waals surface area contributed by atoms with Gasteiger partial charge in [0, 0.05) is 31.1 Å². The van der Waals surface area contributed by atoms with Crippen LogP contribution in [0.1, 0.15) is 27.0 Å². The normalized spacial score (nSPS) is 12.8. The summed E-state index contributed by atoms with van der Waals surface area (Å²) < 4.78 is 6.57. The number of aromatic nitrogens is 1. The van der Waals surface area contributed by atoms with Crippen LogP contribution in [0.2, 0.25) is 0 Å². The van der Waals surface area contributed by atoms with Crippen molar-refractivity contribution in [2.75, 3.05) is 13.7 Å². The van der Waals surface area contributed by atoms with Crippen molar-refractivity contribution in [3.8, 4) is 5.75 Å². The Kier molecular flexibility index (Phi) is 6.54. The maximum atomic E-state index is 13.5. The first kappa shape index (κ1) is 23.4. The van der Waals surface area contributed by atoms with E-state index in [0.29, 0.717) is 36.1 Å². The number of amides is 2. The van der Waals surface area contributed by atoms with E-state index in [4.69, 9.17) is 4.74 Å². The average molecular weight is 482 g/mol. The van der Waals surface area contributed by atoms with Crippen molar-refractivity contribution in [2.45, 2.75) is 26.1 Å². The molecule has 0 atom stereocenters. The molecule has 1 N–H and O–H groups in total. The van der Waals surface area contributed by atoms with Gasteiger partial charge in [-0.15, -0.1) is 0 Å². The molecule has 1 aliphatic heterocycles. The van der Waals surface area contributed by atoms with Crippen molar-refractivity contribution >= 4 is 22.7 Å². The molecule has 0 bridgehead atoms. The molecule has 7 nitrogen and oxygen atoms in total. The number of fused-ring (bicyclic) bond motifs is 2. The number of rotatable bonds is 6. The van der Waals surface area contributed by atoms with E-state index >= 15 is 0 Å². The zero-order valence-corrected chi connectivity index (χ0v) is 20.1. The second-order valence-corrected chi connectivity index (χ2v) is 8.87. The quantitative estimate of drug-likeness (QED) is 0.457. The molecule has 0 spiro atoms. The molecule has 182 valence electrons. The molecule has 0 aliphatic carbocycles. The highest BCUT2D eigenvalue weighted by Crippen LogP contribution is 2.23. The van der Waals surface area contributed by atoms with Crippen LogP contribution in [0.25, 0.3) is 10.9 Å². The van der Waals surface area contributed by atoms with Gasteiger partial charge in [-0.05, 0) is 41.3 Å². The van der Waals surface area contributed by atoms with Crippen molar-refractivity contribution in [1.82, 2.24) is 14.8 Å². The third kappa shape index (κ3) is 4.73. The zero-order chi connectivity index (χ0) is 25.1. The topological polar surface area (TPSA) is 80.6 Å². The van der Waals surface area contributed by atoms with Crippen LogP contribution in [0.4, 0.5) is 0 Å². The van der Waals surface area contributed by atoms with Crippen LogP contribution < -0.4 is 15.6 Å². The third-order valence-electron chi connectivity index (χ3n) is 6.62. The Bertz CT molecular complexity index is 1490. The highest BCUT2D eigenvalue weighted by Gasteiger charge is 2.24. The minimum absolute atomic E-state index is 0.138. The number of hydrogen-bond donors (Lipinski definition) is 1. The highest BCUT2D eigenvalue weighted by molar-refractivity contribution is 6.06. The molecule has 1 aromatic heterocycles. The summed E-state index contributed by atoms with van der Waals surface area (Å²) in [6.45, 7) is 1.31. The summed E-state index contributed by atoms with van der Waals surface area (Å²) in [4.78, 5) is 41.1. The predicted octanol–water partition coefficient (Wildman–Crippen LogP) is 3.53. The first-order valence-electron chi connectivity index (χ1n) is 11.9.